The maximum absolute atomic E-state index is 14.3. The summed E-state index contributed by atoms with van der Waals surface area (Å²) in [7, 11) is 0. The SMILES string of the molecule is CC(C)(C)OC(=O)N1C[C@@H]2C(C(=O)CC(C)(C)c3ncc4cccc(F)n34)[C@@H]2C1. The van der Waals surface area contributed by atoms with Gasteiger partial charge in [0.15, 0.2) is 5.95 Å². The second-order valence-electron chi connectivity index (χ2n) is 9.96. The lowest BCUT2D eigenvalue weighted by molar-refractivity contribution is -0.122. The molecule has 1 saturated carbocycles. The van der Waals surface area contributed by atoms with Gasteiger partial charge < -0.3 is 9.64 Å². The third kappa shape index (κ3) is 3.63. The Labute approximate surface area is 170 Å². The molecule has 0 aromatic carbocycles. The number of ether oxygens (including phenoxy) is 1. The van der Waals surface area contributed by atoms with Gasteiger partial charge in [0.25, 0.3) is 0 Å². The number of Topliss-reactive ketones (excluding diaryl/α,β-unsaturated/α-hetero) is 1. The lowest BCUT2D eigenvalue weighted by Crippen LogP contribution is -2.38. The second kappa shape index (κ2) is 6.54. The Balaban J connectivity index is 1.41. The lowest BCUT2D eigenvalue weighted by atomic mass is 9.84. The first kappa shape index (κ1) is 19.9. The van der Waals surface area contributed by atoms with Gasteiger partial charge in [-0.15, -0.1) is 0 Å². The highest BCUT2D eigenvalue weighted by Crippen LogP contribution is 2.53. The Morgan fingerprint density at radius 3 is 2.45 bits per heavy atom. The maximum Gasteiger partial charge on any atom is 0.410 e. The van der Waals surface area contributed by atoms with Crippen LogP contribution in [-0.4, -0.2) is 44.9 Å². The summed E-state index contributed by atoms with van der Waals surface area (Å²) in [6.45, 7) is 10.5. The fourth-order valence-corrected chi connectivity index (χ4v) is 4.60. The van der Waals surface area contributed by atoms with Gasteiger partial charge in [-0.2, -0.15) is 4.39 Å². The van der Waals surface area contributed by atoms with E-state index in [0.29, 0.717) is 30.9 Å². The highest BCUT2D eigenvalue weighted by Gasteiger charge is 2.60. The highest BCUT2D eigenvalue weighted by atomic mass is 19.1. The van der Waals surface area contributed by atoms with Crippen LogP contribution >= 0.6 is 0 Å². The van der Waals surface area contributed by atoms with Crippen molar-refractivity contribution in [3.63, 3.8) is 0 Å². The third-order valence-corrected chi connectivity index (χ3v) is 5.94. The summed E-state index contributed by atoms with van der Waals surface area (Å²) in [5.74, 6) is 0.733. The van der Waals surface area contributed by atoms with Crippen LogP contribution in [0.3, 0.4) is 0 Å². The summed E-state index contributed by atoms with van der Waals surface area (Å²) in [4.78, 5) is 31.3. The smallest absolute Gasteiger partial charge is 0.410 e. The summed E-state index contributed by atoms with van der Waals surface area (Å²) in [6.07, 6.45) is 1.62. The van der Waals surface area contributed by atoms with E-state index in [1.165, 1.54) is 10.5 Å². The largest absolute Gasteiger partial charge is 0.444 e. The number of piperidine rings is 1. The van der Waals surface area contributed by atoms with E-state index in [2.05, 4.69) is 4.98 Å². The number of imidazole rings is 1. The number of fused-ring (bicyclic) bond motifs is 2. The fourth-order valence-electron chi connectivity index (χ4n) is 4.60. The molecule has 2 fully saturated rings. The van der Waals surface area contributed by atoms with Crippen molar-refractivity contribution < 1.29 is 18.7 Å². The number of likely N-dealkylation sites (tertiary alicyclic amines) is 1. The van der Waals surface area contributed by atoms with Crippen molar-refractivity contribution >= 4 is 17.4 Å². The van der Waals surface area contributed by atoms with Gasteiger partial charge in [-0.05, 0) is 44.7 Å². The van der Waals surface area contributed by atoms with Crippen molar-refractivity contribution in [3.05, 3.63) is 36.2 Å². The van der Waals surface area contributed by atoms with Crippen LogP contribution in [0.5, 0.6) is 0 Å². The number of rotatable bonds is 4. The van der Waals surface area contributed by atoms with Gasteiger partial charge in [-0.1, -0.05) is 19.9 Å². The molecule has 7 heteroatoms. The number of amides is 1. The van der Waals surface area contributed by atoms with Crippen LogP contribution in [-0.2, 0) is 14.9 Å². The zero-order chi connectivity index (χ0) is 21.1. The van der Waals surface area contributed by atoms with Crippen molar-refractivity contribution in [3.8, 4) is 0 Å². The van der Waals surface area contributed by atoms with E-state index in [-0.39, 0.29) is 35.6 Å². The molecule has 4 rings (SSSR count). The van der Waals surface area contributed by atoms with Crippen molar-refractivity contribution in [2.75, 3.05) is 13.1 Å². The molecule has 156 valence electrons. The molecule has 3 heterocycles. The number of aromatic nitrogens is 2. The number of carbonyl (C=O) groups excluding carboxylic acids is 2. The van der Waals surface area contributed by atoms with E-state index in [1.54, 1.807) is 23.2 Å². The Bertz CT molecular complexity index is 963. The summed E-state index contributed by atoms with van der Waals surface area (Å²) in [5, 5.41) is 0. The molecule has 3 atom stereocenters. The van der Waals surface area contributed by atoms with Crippen molar-refractivity contribution in [1.29, 1.82) is 0 Å². The minimum atomic E-state index is -0.590. The first-order valence-electron chi connectivity index (χ1n) is 10.1. The lowest BCUT2D eigenvalue weighted by Gasteiger charge is -2.26. The first-order valence-corrected chi connectivity index (χ1v) is 10.1. The molecule has 0 radical (unpaired) electrons. The highest BCUT2D eigenvalue weighted by molar-refractivity contribution is 5.86. The molecule has 2 aromatic heterocycles. The van der Waals surface area contributed by atoms with Crippen molar-refractivity contribution in [2.45, 2.75) is 52.1 Å². The Hall–Kier alpha value is -2.44. The number of hydrogen-bond acceptors (Lipinski definition) is 4. The number of carbonyl (C=O) groups is 2. The maximum atomic E-state index is 14.3. The van der Waals surface area contributed by atoms with E-state index < -0.39 is 11.0 Å². The molecular weight excluding hydrogens is 373 g/mol. The quantitative estimate of drug-likeness (QED) is 0.731. The molecule has 0 bridgehead atoms. The van der Waals surface area contributed by atoms with Gasteiger partial charge in [0, 0.05) is 30.8 Å². The van der Waals surface area contributed by atoms with Gasteiger partial charge in [0.1, 0.15) is 17.2 Å². The number of nitrogens with zero attached hydrogens (tertiary/aromatic N) is 3. The van der Waals surface area contributed by atoms with Crippen LogP contribution in [0, 0.1) is 23.7 Å². The standard InChI is InChI=1S/C22H28FN3O3/c1-21(2,3)29-20(28)25-11-14-15(12-25)18(14)16(27)9-22(4,5)19-24-10-13-7-6-8-17(23)26(13)19/h6-8,10,14-15,18H,9,11-12H2,1-5H3/t14-,15+,18?. The molecule has 1 saturated heterocycles. The number of hydrogen-bond donors (Lipinski definition) is 0. The van der Waals surface area contributed by atoms with Crippen LogP contribution in [0.25, 0.3) is 5.52 Å². The third-order valence-electron chi connectivity index (χ3n) is 5.94. The summed E-state index contributed by atoms with van der Waals surface area (Å²) in [6, 6.07) is 4.84. The molecule has 0 N–H and O–H groups in total. The van der Waals surface area contributed by atoms with Gasteiger partial charge in [0.2, 0.25) is 0 Å². The summed E-state index contributed by atoms with van der Waals surface area (Å²) in [5.41, 5.74) is -0.435. The van der Waals surface area contributed by atoms with Crippen molar-refractivity contribution in [2.24, 2.45) is 17.8 Å². The topological polar surface area (TPSA) is 63.9 Å². The zero-order valence-corrected chi connectivity index (χ0v) is 17.6. The normalized spacial score (nSPS) is 23.9. The molecule has 1 amide bonds. The Morgan fingerprint density at radius 1 is 1.17 bits per heavy atom. The van der Waals surface area contributed by atoms with E-state index in [9.17, 15) is 14.0 Å². The van der Waals surface area contributed by atoms with Crippen LogP contribution in [0.4, 0.5) is 9.18 Å². The van der Waals surface area contributed by atoms with Gasteiger partial charge in [-0.3, -0.25) is 9.20 Å². The average molecular weight is 401 g/mol. The number of halogens is 1. The second-order valence-corrected chi connectivity index (χ2v) is 9.96. The summed E-state index contributed by atoms with van der Waals surface area (Å²) >= 11 is 0. The van der Waals surface area contributed by atoms with Crippen LogP contribution in [0.2, 0.25) is 0 Å². The molecule has 29 heavy (non-hydrogen) atoms. The van der Waals surface area contributed by atoms with E-state index >= 15 is 0 Å². The van der Waals surface area contributed by atoms with Crippen LogP contribution in [0.1, 0.15) is 46.9 Å². The molecular formula is C22H28FN3O3. The molecule has 0 spiro atoms. The van der Waals surface area contributed by atoms with Gasteiger partial charge >= 0.3 is 6.09 Å². The molecule has 2 aliphatic rings. The molecule has 1 unspecified atom stereocenters. The van der Waals surface area contributed by atoms with Gasteiger partial charge in [0.05, 0.1) is 11.7 Å². The van der Waals surface area contributed by atoms with E-state index in [4.69, 9.17) is 4.74 Å². The first-order chi connectivity index (χ1) is 13.5. The number of pyridine rings is 1. The number of ketones is 1. The summed E-state index contributed by atoms with van der Waals surface area (Å²) < 4.78 is 21.2. The Kier molecular flexibility index (Phi) is 4.48. The predicted octanol–water partition coefficient (Wildman–Crippen LogP) is 3.82. The van der Waals surface area contributed by atoms with E-state index in [1.807, 2.05) is 34.6 Å². The monoisotopic (exact) mass is 401 g/mol. The molecule has 6 nitrogen and oxygen atoms in total. The minimum absolute atomic E-state index is 0.0240. The van der Waals surface area contributed by atoms with Crippen LogP contribution in [0.15, 0.2) is 24.4 Å². The minimum Gasteiger partial charge on any atom is -0.444 e. The van der Waals surface area contributed by atoms with Crippen molar-refractivity contribution in [1.82, 2.24) is 14.3 Å². The molecule has 2 aromatic rings. The van der Waals surface area contributed by atoms with E-state index in [0.717, 1.165) is 0 Å². The average Bonchev–Trinajstić information content (AvgIpc) is 2.96. The zero-order valence-electron chi connectivity index (χ0n) is 17.6. The molecule has 1 aliphatic carbocycles. The Morgan fingerprint density at radius 2 is 1.83 bits per heavy atom. The fraction of sp³-hybridized carbons (Fsp3) is 0.591. The molecule has 1 aliphatic heterocycles. The van der Waals surface area contributed by atoms with Gasteiger partial charge in [-0.25, -0.2) is 9.78 Å². The predicted molar refractivity (Wildman–Crippen MR) is 106 cm³/mol. The van der Waals surface area contributed by atoms with Crippen LogP contribution < -0.4 is 0 Å².